The quantitative estimate of drug-likeness (QED) is 0.213. The Labute approximate surface area is 228 Å². The van der Waals surface area contributed by atoms with Crippen LogP contribution in [0.25, 0.3) is 50.2 Å². The Hall–Kier alpha value is -5.00. The van der Waals surface area contributed by atoms with Crippen molar-refractivity contribution in [3.8, 4) is 18.0 Å². The Morgan fingerprint density at radius 1 is 0.744 bits per heavy atom. The summed E-state index contributed by atoms with van der Waals surface area (Å²) in [5.74, 6) is 2.87. The van der Waals surface area contributed by atoms with Crippen molar-refractivity contribution in [2.24, 2.45) is 0 Å². The van der Waals surface area contributed by atoms with Crippen LogP contribution in [0.3, 0.4) is 0 Å². The van der Waals surface area contributed by atoms with E-state index >= 15 is 0 Å². The van der Waals surface area contributed by atoms with E-state index in [0.29, 0.717) is 0 Å². The highest BCUT2D eigenvalue weighted by atomic mass is 15.0. The second-order valence-electron chi connectivity index (χ2n) is 10.1. The molecule has 0 spiro atoms. The van der Waals surface area contributed by atoms with E-state index in [1.807, 2.05) is 0 Å². The number of allylic oxidation sites excluding steroid dienone is 5. The lowest BCUT2D eigenvalue weighted by Crippen LogP contribution is -2.13. The van der Waals surface area contributed by atoms with Gasteiger partial charge in [-0.2, -0.15) is 0 Å². The van der Waals surface area contributed by atoms with Gasteiger partial charge < -0.3 is 9.13 Å². The minimum atomic E-state index is 0.177. The van der Waals surface area contributed by atoms with E-state index in [1.54, 1.807) is 6.08 Å². The van der Waals surface area contributed by atoms with Crippen LogP contribution < -0.4 is 0 Å². The molecular formula is C37H28N2. The Morgan fingerprint density at radius 3 is 2.03 bits per heavy atom. The molecule has 39 heavy (non-hydrogen) atoms. The third-order valence-corrected chi connectivity index (χ3v) is 8.03. The summed E-state index contributed by atoms with van der Waals surface area (Å²) in [5.41, 5.74) is 9.79. The molecule has 0 saturated heterocycles. The predicted molar refractivity (Wildman–Crippen MR) is 166 cm³/mol. The van der Waals surface area contributed by atoms with Crippen LogP contribution in [0.5, 0.6) is 0 Å². The van der Waals surface area contributed by atoms with Crippen LogP contribution in [0.2, 0.25) is 0 Å². The lowest BCUT2D eigenvalue weighted by Gasteiger charge is -2.27. The summed E-state index contributed by atoms with van der Waals surface area (Å²) >= 11 is 0. The number of aromatic nitrogens is 2. The van der Waals surface area contributed by atoms with Crippen LogP contribution >= 0.6 is 0 Å². The van der Waals surface area contributed by atoms with Crippen molar-refractivity contribution in [2.75, 3.05) is 0 Å². The molecule has 7 rings (SSSR count). The molecule has 0 radical (unpaired) electrons. The van der Waals surface area contributed by atoms with Gasteiger partial charge in [-0.25, -0.2) is 0 Å². The maximum absolute atomic E-state index is 5.66. The van der Waals surface area contributed by atoms with Gasteiger partial charge in [-0.15, -0.1) is 6.42 Å². The number of para-hydroxylation sites is 4. The Morgan fingerprint density at radius 2 is 1.33 bits per heavy atom. The van der Waals surface area contributed by atoms with Gasteiger partial charge in [-0.05, 0) is 67.0 Å². The minimum absolute atomic E-state index is 0.177. The van der Waals surface area contributed by atoms with Gasteiger partial charge in [0.1, 0.15) is 0 Å². The average molecular weight is 501 g/mol. The molecule has 2 heteroatoms. The van der Waals surface area contributed by atoms with Crippen LogP contribution in [-0.4, -0.2) is 9.13 Å². The zero-order chi connectivity index (χ0) is 26.3. The van der Waals surface area contributed by atoms with Crippen molar-refractivity contribution in [2.45, 2.75) is 19.3 Å². The highest BCUT2D eigenvalue weighted by molar-refractivity contribution is 6.10. The van der Waals surface area contributed by atoms with E-state index < -0.39 is 0 Å². The first-order valence-electron chi connectivity index (χ1n) is 13.4. The fraction of sp³-hybridized carbons (Fsp3) is 0.0811. The lowest BCUT2D eigenvalue weighted by atomic mass is 9.87. The van der Waals surface area contributed by atoms with Gasteiger partial charge in [-0.1, -0.05) is 90.9 Å². The molecule has 0 saturated carbocycles. The first-order valence-corrected chi connectivity index (χ1v) is 13.4. The van der Waals surface area contributed by atoms with Crippen molar-refractivity contribution in [1.82, 2.24) is 9.13 Å². The molecule has 2 nitrogen and oxygen atoms in total. The topological polar surface area (TPSA) is 9.86 Å². The molecule has 1 aliphatic carbocycles. The highest BCUT2D eigenvalue weighted by Gasteiger charge is 2.26. The fourth-order valence-electron chi connectivity index (χ4n) is 6.33. The second kappa shape index (κ2) is 9.39. The third-order valence-electron chi connectivity index (χ3n) is 8.03. The molecule has 186 valence electrons. The SMILES string of the molecule is C#C/C=C\c1c(C)c2ccccc2n1-c1ccccc1C1CC=CC=C1n1c2ccccc2c2ccccc21. The number of rotatable bonds is 4. The van der Waals surface area contributed by atoms with Crippen LogP contribution in [0, 0.1) is 19.3 Å². The third kappa shape index (κ3) is 3.59. The number of nitrogens with zero attached hydrogens (tertiary/aromatic N) is 2. The maximum Gasteiger partial charge on any atom is 0.0538 e. The summed E-state index contributed by atoms with van der Waals surface area (Å²) in [6, 6.07) is 34.9. The summed E-state index contributed by atoms with van der Waals surface area (Å²) in [6.45, 7) is 2.18. The summed E-state index contributed by atoms with van der Waals surface area (Å²) in [7, 11) is 0. The molecule has 0 bridgehead atoms. The molecule has 0 amide bonds. The van der Waals surface area contributed by atoms with Crippen LogP contribution in [0.4, 0.5) is 0 Å². The molecule has 0 N–H and O–H groups in total. The van der Waals surface area contributed by atoms with Gasteiger partial charge in [-0.3, -0.25) is 0 Å². The van der Waals surface area contributed by atoms with E-state index in [0.717, 1.165) is 12.1 Å². The van der Waals surface area contributed by atoms with E-state index in [2.05, 4.69) is 143 Å². The van der Waals surface area contributed by atoms with Crippen molar-refractivity contribution in [3.05, 3.63) is 138 Å². The van der Waals surface area contributed by atoms with Crippen molar-refractivity contribution >= 4 is 44.5 Å². The molecule has 0 aliphatic heterocycles. The molecule has 2 aromatic heterocycles. The van der Waals surface area contributed by atoms with Gasteiger partial charge in [0.05, 0.1) is 27.9 Å². The van der Waals surface area contributed by atoms with Crippen molar-refractivity contribution in [1.29, 1.82) is 0 Å². The maximum atomic E-state index is 5.66. The van der Waals surface area contributed by atoms with Crippen molar-refractivity contribution < 1.29 is 0 Å². The molecule has 6 aromatic rings. The van der Waals surface area contributed by atoms with E-state index in [1.165, 1.54) is 55.2 Å². The predicted octanol–water partition coefficient (Wildman–Crippen LogP) is 9.28. The smallest absolute Gasteiger partial charge is 0.0538 e. The van der Waals surface area contributed by atoms with Gasteiger partial charge >= 0.3 is 0 Å². The molecule has 1 unspecified atom stereocenters. The van der Waals surface area contributed by atoms with Crippen LogP contribution in [0.15, 0.2) is 121 Å². The zero-order valence-corrected chi connectivity index (χ0v) is 21.9. The lowest BCUT2D eigenvalue weighted by molar-refractivity contribution is 0.819. The van der Waals surface area contributed by atoms with Gasteiger partial charge in [0.2, 0.25) is 0 Å². The normalized spacial score (nSPS) is 15.4. The van der Waals surface area contributed by atoms with E-state index in [4.69, 9.17) is 6.42 Å². The zero-order valence-electron chi connectivity index (χ0n) is 21.9. The summed E-state index contributed by atoms with van der Waals surface area (Å²) in [4.78, 5) is 0. The number of terminal acetylenes is 1. The first-order chi connectivity index (χ1) is 19.3. The average Bonchev–Trinajstić information content (AvgIpc) is 3.48. The number of hydrogen-bond donors (Lipinski definition) is 0. The standard InChI is InChI=1S/C37H28N2/c1-3-4-20-32-26(2)27-15-5-10-21-33(27)38(32)34-22-11-6-16-28(34)29-17-7-12-23-35(29)39-36-24-13-8-18-30(36)31-19-9-14-25-37(31)39/h1,4-16,18-25,29H,17H2,2H3/b20-4-. The van der Waals surface area contributed by atoms with Crippen LogP contribution in [-0.2, 0) is 0 Å². The molecule has 0 fully saturated rings. The molecule has 1 atom stereocenters. The monoisotopic (exact) mass is 500 g/mol. The Kier molecular flexibility index (Phi) is 5.57. The van der Waals surface area contributed by atoms with E-state index in [-0.39, 0.29) is 5.92 Å². The molecule has 4 aromatic carbocycles. The molecule has 2 heterocycles. The summed E-state index contributed by atoms with van der Waals surface area (Å²) < 4.78 is 4.85. The summed E-state index contributed by atoms with van der Waals surface area (Å²) in [5, 5.41) is 3.80. The summed E-state index contributed by atoms with van der Waals surface area (Å²) in [6.07, 6.45) is 17.2. The van der Waals surface area contributed by atoms with Gasteiger partial charge in [0, 0.05) is 27.8 Å². The van der Waals surface area contributed by atoms with E-state index in [9.17, 15) is 0 Å². The second-order valence-corrected chi connectivity index (χ2v) is 10.1. The highest BCUT2D eigenvalue weighted by Crippen LogP contribution is 2.43. The van der Waals surface area contributed by atoms with Gasteiger partial charge in [0.15, 0.2) is 0 Å². The molecular weight excluding hydrogens is 472 g/mol. The number of hydrogen-bond acceptors (Lipinski definition) is 0. The van der Waals surface area contributed by atoms with Crippen LogP contribution in [0.1, 0.15) is 29.2 Å². The Balaban J connectivity index is 1.49. The first kappa shape index (κ1) is 23.1. The number of aryl methyl sites for hydroxylation is 1. The largest absolute Gasteiger partial charge is 0.312 e. The van der Waals surface area contributed by atoms with Gasteiger partial charge in [0.25, 0.3) is 0 Å². The van der Waals surface area contributed by atoms with Crippen molar-refractivity contribution in [3.63, 3.8) is 0 Å². The fourth-order valence-corrected chi connectivity index (χ4v) is 6.33. The minimum Gasteiger partial charge on any atom is -0.312 e. The Bertz CT molecular complexity index is 1960. The number of benzene rings is 4. The molecule has 1 aliphatic rings. The number of fused-ring (bicyclic) bond motifs is 4.